The van der Waals surface area contributed by atoms with Gasteiger partial charge in [-0.3, -0.25) is 19.2 Å². The summed E-state index contributed by atoms with van der Waals surface area (Å²) in [4.78, 5) is 45.3. The molecule has 0 fully saturated rings. The zero-order chi connectivity index (χ0) is 13.0. The van der Waals surface area contributed by atoms with Gasteiger partial charge in [0.05, 0.1) is 11.8 Å². The molecule has 16 heavy (non-hydrogen) atoms. The van der Waals surface area contributed by atoms with Crippen molar-refractivity contribution in [2.75, 3.05) is 0 Å². The summed E-state index contributed by atoms with van der Waals surface area (Å²) >= 11 is 0. The SMILES string of the molecule is CC(=O)C(C(C)=O)C(C)C(C(C)=O)C(C)=O. The van der Waals surface area contributed by atoms with Crippen molar-refractivity contribution in [3.8, 4) is 0 Å². The first-order valence-electron chi connectivity index (χ1n) is 5.22. The third-order valence-electron chi connectivity index (χ3n) is 2.80. The average Bonchev–Trinajstić information content (AvgIpc) is 1.99. The molecule has 0 heterocycles. The predicted octanol–water partition coefficient (Wildman–Crippen LogP) is 1.21. The summed E-state index contributed by atoms with van der Waals surface area (Å²) in [5, 5.41) is 0. The molecule has 0 radical (unpaired) electrons. The quantitative estimate of drug-likeness (QED) is 0.638. The molecule has 0 aromatic rings. The number of hydrogen-bond acceptors (Lipinski definition) is 4. The van der Waals surface area contributed by atoms with Crippen LogP contribution in [0.25, 0.3) is 0 Å². The minimum atomic E-state index is -0.863. The van der Waals surface area contributed by atoms with Gasteiger partial charge in [-0.15, -0.1) is 0 Å². The molecule has 0 aromatic heterocycles. The van der Waals surface area contributed by atoms with Gasteiger partial charge in [0.1, 0.15) is 23.1 Å². The fraction of sp³-hybridized carbons (Fsp3) is 0.667. The molecule has 0 unspecified atom stereocenters. The third kappa shape index (κ3) is 3.36. The van der Waals surface area contributed by atoms with Crippen LogP contribution in [0, 0.1) is 17.8 Å². The minimum Gasteiger partial charge on any atom is -0.299 e. The summed E-state index contributed by atoms with van der Waals surface area (Å²) in [5.41, 5.74) is 0. The second kappa shape index (κ2) is 5.68. The van der Waals surface area contributed by atoms with E-state index in [1.54, 1.807) is 6.92 Å². The molecule has 0 aliphatic rings. The highest BCUT2D eigenvalue weighted by molar-refractivity contribution is 6.05. The Morgan fingerprint density at radius 1 is 0.625 bits per heavy atom. The van der Waals surface area contributed by atoms with Gasteiger partial charge in [0.15, 0.2) is 0 Å². The maximum atomic E-state index is 11.3. The topological polar surface area (TPSA) is 68.3 Å². The van der Waals surface area contributed by atoms with Crippen molar-refractivity contribution in [1.82, 2.24) is 0 Å². The monoisotopic (exact) mass is 226 g/mol. The van der Waals surface area contributed by atoms with E-state index < -0.39 is 17.8 Å². The number of hydrogen-bond donors (Lipinski definition) is 0. The highest BCUT2D eigenvalue weighted by atomic mass is 16.2. The Morgan fingerprint density at radius 3 is 0.938 bits per heavy atom. The Bertz CT molecular complexity index is 270. The molecule has 4 nitrogen and oxygen atoms in total. The molecule has 0 atom stereocenters. The maximum absolute atomic E-state index is 11.3. The van der Waals surface area contributed by atoms with Crippen LogP contribution in [0.4, 0.5) is 0 Å². The Morgan fingerprint density at radius 2 is 0.812 bits per heavy atom. The van der Waals surface area contributed by atoms with Crippen molar-refractivity contribution < 1.29 is 19.2 Å². The van der Waals surface area contributed by atoms with Crippen LogP contribution in [0.5, 0.6) is 0 Å². The lowest BCUT2D eigenvalue weighted by Gasteiger charge is -2.24. The first-order valence-corrected chi connectivity index (χ1v) is 5.22. The van der Waals surface area contributed by atoms with Gasteiger partial charge >= 0.3 is 0 Å². The van der Waals surface area contributed by atoms with Crippen LogP contribution < -0.4 is 0 Å². The molecule has 0 aliphatic heterocycles. The van der Waals surface area contributed by atoms with Gasteiger partial charge < -0.3 is 0 Å². The largest absolute Gasteiger partial charge is 0.299 e. The Kier molecular flexibility index (Phi) is 5.21. The maximum Gasteiger partial charge on any atom is 0.140 e. The molecule has 4 heteroatoms. The lowest BCUT2D eigenvalue weighted by atomic mass is 9.76. The first-order chi connectivity index (χ1) is 7.20. The summed E-state index contributed by atoms with van der Waals surface area (Å²) in [5.74, 6) is -3.49. The molecule has 0 bridgehead atoms. The second-order valence-corrected chi connectivity index (χ2v) is 4.26. The third-order valence-corrected chi connectivity index (χ3v) is 2.80. The van der Waals surface area contributed by atoms with Crippen molar-refractivity contribution in [1.29, 1.82) is 0 Å². The van der Waals surface area contributed by atoms with Crippen molar-refractivity contribution in [3.05, 3.63) is 0 Å². The lowest BCUT2D eigenvalue weighted by Crippen LogP contribution is -2.37. The molecule has 0 N–H and O–H groups in total. The van der Waals surface area contributed by atoms with Gasteiger partial charge in [0.2, 0.25) is 0 Å². The van der Waals surface area contributed by atoms with Gasteiger partial charge in [0.25, 0.3) is 0 Å². The van der Waals surface area contributed by atoms with Crippen LogP contribution in [-0.4, -0.2) is 23.1 Å². The van der Waals surface area contributed by atoms with E-state index >= 15 is 0 Å². The average molecular weight is 226 g/mol. The van der Waals surface area contributed by atoms with Crippen LogP contribution in [0.2, 0.25) is 0 Å². The molecular weight excluding hydrogens is 208 g/mol. The Hall–Kier alpha value is -1.32. The van der Waals surface area contributed by atoms with Gasteiger partial charge in [0, 0.05) is 0 Å². The van der Waals surface area contributed by atoms with Crippen LogP contribution >= 0.6 is 0 Å². The van der Waals surface area contributed by atoms with E-state index in [9.17, 15) is 19.2 Å². The molecule has 90 valence electrons. The van der Waals surface area contributed by atoms with E-state index in [-0.39, 0.29) is 23.1 Å². The normalized spacial score (nSPS) is 11.0. The molecular formula is C12H18O4. The number of rotatable bonds is 6. The summed E-state index contributed by atoms with van der Waals surface area (Å²) in [6, 6.07) is 0. The van der Waals surface area contributed by atoms with Crippen LogP contribution in [0.1, 0.15) is 34.6 Å². The van der Waals surface area contributed by atoms with Gasteiger partial charge in [-0.1, -0.05) is 6.92 Å². The van der Waals surface area contributed by atoms with E-state index in [1.165, 1.54) is 27.7 Å². The first kappa shape index (κ1) is 14.7. The molecule has 0 aromatic carbocycles. The Labute approximate surface area is 95.4 Å². The predicted molar refractivity (Wildman–Crippen MR) is 58.9 cm³/mol. The molecule has 0 rings (SSSR count). The van der Waals surface area contributed by atoms with Crippen molar-refractivity contribution in [2.24, 2.45) is 17.8 Å². The van der Waals surface area contributed by atoms with E-state index in [0.717, 1.165) is 0 Å². The fourth-order valence-electron chi connectivity index (χ4n) is 2.25. The zero-order valence-corrected chi connectivity index (χ0v) is 10.4. The zero-order valence-electron chi connectivity index (χ0n) is 10.4. The van der Waals surface area contributed by atoms with E-state index in [1.807, 2.05) is 0 Å². The van der Waals surface area contributed by atoms with Crippen LogP contribution in [0.3, 0.4) is 0 Å². The molecule has 0 saturated heterocycles. The minimum absolute atomic E-state index is 0.299. The van der Waals surface area contributed by atoms with E-state index in [4.69, 9.17) is 0 Å². The summed E-state index contributed by atoms with van der Waals surface area (Å²) in [7, 11) is 0. The van der Waals surface area contributed by atoms with Crippen LogP contribution in [-0.2, 0) is 19.2 Å². The fourth-order valence-corrected chi connectivity index (χ4v) is 2.25. The van der Waals surface area contributed by atoms with E-state index in [2.05, 4.69) is 0 Å². The number of ketones is 4. The summed E-state index contributed by atoms with van der Waals surface area (Å²) in [6.07, 6.45) is 0. The van der Waals surface area contributed by atoms with Crippen molar-refractivity contribution >= 4 is 23.1 Å². The van der Waals surface area contributed by atoms with Crippen molar-refractivity contribution in [2.45, 2.75) is 34.6 Å². The highest BCUT2D eigenvalue weighted by Crippen LogP contribution is 2.24. The highest BCUT2D eigenvalue weighted by Gasteiger charge is 2.36. The van der Waals surface area contributed by atoms with Gasteiger partial charge in [-0.25, -0.2) is 0 Å². The smallest absolute Gasteiger partial charge is 0.140 e. The van der Waals surface area contributed by atoms with Crippen LogP contribution in [0.15, 0.2) is 0 Å². The summed E-state index contributed by atoms with van der Waals surface area (Å²) in [6.45, 7) is 6.82. The number of Topliss-reactive ketones (excluding diaryl/α,β-unsaturated/α-hetero) is 4. The Balaban J connectivity index is 5.18. The molecule has 0 spiro atoms. The molecule has 0 saturated carbocycles. The molecule has 0 amide bonds. The number of carbonyl (C=O) groups excluding carboxylic acids is 4. The molecule has 0 aliphatic carbocycles. The van der Waals surface area contributed by atoms with Gasteiger partial charge in [-0.2, -0.15) is 0 Å². The van der Waals surface area contributed by atoms with Crippen molar-refractivity contribution in [3.63, 3.8) is 0 Å². The van der Waals surface area contributed by atoms with Gasteiger partial charge in [-0.05, 0) is 33.6 Å². The summed E-state index contributed by atoms with van der Waals surface area (Å²) < 4.78 is 0. The lowest BCUT2D eigenvalue weighted by molar-refractivity contribution is -0.137. The standard InChI is InChI=1S/C12H18O4/c1-6(11(7(2)13)8(3)14)12(9(4)15)10(5)16/h6,11-12H,1-5H3. The second-order valence-electron chi connectivity index (χ2n) is 4.26. The number of carbonyl (C=O) groups is 4. The van der Waals surface area contributed by atoms with E-state index in [0.29, 0.717) is 0 Å².